The van der Waals surface area contributed by atoms with Crippen LogP contribution in [0.25, 0.3) is 10.9 Å². The zero-order chi connectivity index (χ0) is 8.39. The molecule has 0 spiro atoms. The molecule has 0 aliphatic rings. The Kier molecular flexibility index (Phi) is 1.55. The second-order valence-electron chi connectivity index (χ2n) is 2.47. The van der Waals surface area contributed by atoms with Crippen molar-refractivity contribution in [3.63, 3.8) is 0 Å². The highest BCUT2D eigenvalue weighted by atomic mass is 15.0. The van der Waals surface area contributed by atoms with Crippen molar-refractivity contribution >= 4 is 16.7 Å². The van der Waals surface area contributed by atoms with Crippen molar-refractivity contribution in [1.29, 1.82) is 5.53 Å². The van der Waals surface area contributed by atoms with Gasteiger partial charge in [0.15, 0.2) is 5.82 Å². The van der Waals surface area contributed by atoms with E-state index in [0.29, 0.717) is 5.82 Å². The van der Waals surface area contributed by atoms with Crippen LogP contribution in [0.4, 0.5) is 5.82 Å². The van der Waals surface area contributed by atoms with Crippen LogP contribution in [0.3, 0.4) is 0 Å². The Balaban J connectivity index is 2.75. The second-order valence-corrected chi connectivity index (χ2v) is 2.47. The largest absolute Gasteiger partial charge is 0.227 e. The van der Waals surface area contributed by atoms with Crippen molar-refractivity contribution < 1.29 is 0 Å². The van der Waals surface area contributed by atoms with E-state index in [4.69, 9.17) is 5.53 Å². The summed E-state index contributed by atoms with van der Waals surface area (Å²) in [6.45, 7) is 0. The van der Waals surface area contributed by atoms with Gasteiger partial charge in [-0.3, -0.25) is 0 Å². The molecule has 2 aromatic rings. The van der Waals surface area contributed by atoms with E-state index in [9.17, 15) is 0 Å². The second kappa shape index (κ2) is 2.70. The van der Waals surface area contributed by atoms with E-state index in [1.807, 2.05) is 30.3 Å². The fraction of sp³-hybridized carbons (Fsp3) is 0. The summed E-state index contributed by atoms with van der Waals surface area (Å²) in [7, 11) is 0. The first-order valence-corrected chi connectivity index (χ1v) is 3.63. The number of nitrogens with zero attached hydrogens (tertiary/aromatic N) is 2. The van der Waals surface area contributed by atoms with Gasteiger partial charge in [-0.05, 0) is 18.2 Å². The van der Waals surface area contributed by atoms with Crippen LogP contribution in [0.1, 0.15) is 0 Å². The van der Waals surface area contributed by atoms with E-state index < -0.39 is 0 Å². The van der Waals surface area contributed by atoms with Crippen LogP contribution in [0, 0.1) is 5.53 Å². The van der Waals surface area contributed by atoms with Crippen LogP contribution in [0.2, 0.25) is 0 Å². The molecule has 1 N–H and O–H groups in total. The Bertz CT molecular complexity index is 423. The standard InChI is InChI=1S/C9H7N3/c10-12-9-6-5-7-3-1-2-4-8(7)11-9/h1-6,10H. The number of pyridine rings is 1. The molecular weight excluding hydrogens is 150 g/mol. The molecule has 12 heavy (non-hydrogen) atoms. The van der Waals surface area contributed by atoms with Crippen LogP contribution in [-0.2, 0) is 0 Å². The van der Waals surface area contributed by atoms with Crippen molar-refractivity contribution in [2.45, 2.75) is 0 Å². The molecule has 1 aromatic carbocycles. The average Bonchev–Trinajstić information content (AvgIpc) is 2.17. The maximum atomic E-state index is 6.78. The zero-order valence-corrected chi connectivity index (χ0v) is 6.36. The topological polar surface area (TPSA) is 49.1 Å². The van der Waals surface area contributed by atoms with Gasteiger partial charge in [0, 0.05) is 5.39 Å². The van der Waals surface area contributed by atoms with Crippen LogP contribution >= 0.6 is 0 Å². The first-order chi connectivity index (χ1) is 5.90. The lowest BCUT2D eigenvalue weighted by Gasteiger charge is -1.95. The molecule has 0 radical (unpaired) electrons. The van der Waals surface area contributed by atoms with E-state index >= 15 is 0 Å². The Morgan fingerprint density at radius 1 is 1.08 bits per heavy atom. The third-order valence-electron chi connectivity index (χ3n) is 1.70. The van der Waals surface area contributed by atoms with Gasteiger partial charge >= 0.3 is 0 Å². The summed E-state index contributed by atoms with van der Waals surface area (Å²) in [4.78, 5) is 4.14. The molecule has 0 saturated heterocycles. The molecule has 3 nitrogen and oxygen atoms in total. The Morgan fingerprint density at radius 2 is 1.92 bits per heavy atom. The van der Waals surface area contributed by atoms with Gasteiger partial charge in [-0.15, -0.1) is 5.11 Å². The van der Waals surface area contributed by atoms with Gasteiger partial charge < -0.3 is 0 Å². The molecule has 0 fully saturated rings. The summed E-state index contributed by atoms with van der Waals surface area (Å²) < 4.78 is 0. The number of nitrogens with one attached hydrogen (secondary N) is 1. The first-order valence-electron chi connectivity index (χ1n) is 3.63. The number of hydrogen-bond acceptors (Lipinski definition) is 3. The van der Waals surface area contributed by atoms with Gasteiger partial charge in [-0.25, -0.2) is 10.5 Å². The minimum absolute atomic E-state index is 0.453. The lowest BCUT2D eigenvalue weighted by atomic mass is 10.2. The number of aromatic nitrogens is 1. The van der Waals surface area contributed by atoms with Crippen molar-refractivity contribution in [3.8, 4) is 0 Å². The third-order valence-corrected chi connectivity index (χ3v) is 1.70. The highest BCUT2D eigenvalue weighted by Crippen LogP contribution is 2.15. The monoisotopic (exact) mass is 157 g/mol. The molecule has 0 unspecified atom stereocenters. The van der Waals surface area contributed by atoms with Gasteiger partial charge in [0.1, 0.15) is 0 Å². The van der Waals surface area contributed by atoms with E-state index in [2.05, 4.69) is 10.1 Å². The number of para-hydroxylation sites is 1. The van der Waals surface area contributed by atoms with E-state index in [1.54, 1.807) is 6.07 Å². The summed E-state index contributed by atoms with van der Waals surface area (Å²) in [6, 6.07) is 11.4. The van der Waals surface area contributed by atoms with Crippen LogP contribution in [0.5, 0.6) is 0 Å². The van der Waals surface area contributed by atoms with E-state index in [1.165, 1.54) is 0 Å². The SMILES string of the molecule is N=Nc1ccc2ccccc2n1. The Morgan fingerprint density at radius 3 is 2.75 bits per heavy atom. The van der Waals surface area contributed by atoms with Crippen molar-refractivity contribution in [3.05, 3.63) is 36.4 Å². The fourth-order valence-electron chi connectivity index (χ4n) is 1.12. The van der Waals surface area contributed by atoms with E-state index in [-0.39, 0.29) is 0 Å². The molecule has 0 atom stereocenters. The number of benzene rings is 1. The third kappa shape index (κ3) is 1.05. The van der Waals surface area contributed by atoms with Gasteiger partial charge in [0.2, 0.25) is 0 Å². The minimum Gasteiger partial charge on any atom is -0.227 e. The van der Waals surface area contributed by atoms with Gasteiger partial charge in [0.25, 0.3) is 0 Å². The van der Waals surface area contributed by atoms with Crippen molar-refractivity contribution in [2.75, 3.05) is 0 Å². The maximum Gasteiger partial charge on any atom is 0.174 e. The summed E-state index contributed by atoms with van der Waals surface area (Å²) in [5.74, 6) is 0.453. The molecule has 3 heteroatoms. The average molecular weight is 157 g/mol. The highest BCUT2D eigenvalue weighted by Gasteiger charge is 1.93. The van der Waals surface area contributed by atoms with Gasteiger partial charge in [-0.1, -0.05) is 18.2 Å². The summed E-state index contributed by atoms with van der Waals surface area (Å²) in [5.41, 5.74) is 7.66. The van der Waals surface area contributed by atoms with Gasteiger partial charge in [0.05, 0.1) is 5.52 Å². The normalized spacial score (nSPS) is 10.0. The molecule has 58 valence electrons. The van der Waals surface area contributed by atoms with E-state index in [0.717, 1.165) is 10.9 Å². The minimum atomic E-state index is 0.453. The highest BCUT2D eigenvalue weighted by molar-refractivity contribution is 5.79. The molecule has 0 bridgehead atoms. The molecular formula is C9H7N3. The Labute approximate surface area is 69.6 Å². The smallest absolute Gasteiger partial charge is 0.174 e. The molecule has 0 amide bonds. The number of fused-ring (bicyclic) bond motifs is 1. The molecule has 2 rings (SSSR count). The van der Waals surface area contributed by atoms with Crippen LogP contribution in [-0.4, -0.2) is 4.98 Å². The number of rotatable bonds is 1. The predicted molar refractivity (Wildman–Crippen MR) is 46.6 cm³/mol. The molecule has 0 aliphatic heterocycles. The first kappa shape index (κ1) is 6.91. The van der Waals surface area contributed by atoms with Crippen molar-refractivity contribution in [1.82, 2.24) is 4.98 Å². The lowest BCUT2D eigenvalue weighted by molar-refractivity contribution is 1.11. The lowest BCUT2D eigenvalue weighted by Crippen LogP contribution is -1.76. The molecule has 1 heterocycles. The fourth-order valence-corrected chi connectivity index (χ4v) is 1.12. The number of hydrogen-bond donors (Lipinski definition) is 1. The predicted octanol–water partition coefficient (Wildman–Crippen LogP) is 2.90. The molecule has 0 saturated carbocycles. The summed E-state index contributed by atoms with van der Waals surface area (Å²) >= 11 is 0. The van der Waals surface area contributed by atoms with Crippen molar-refractivity contribution in [2.24, 2.45) is 5.11 Å². The zero-order valence-electron chi connectivity index (χ0n) is 6.36. The summed E-state index contributed by atoms with van der Waals surface area (Å²) in [5, 5.41) is 4.33. The Hall–Kier alpha value is -1.77. The molecule has 1 aromatic heterocycles. The quantitative estimate of drug-likeness (QED) is 0.635. The molecule has 0 aliphatic carbocycles. The van der Waals surface area contributed by atoms with Crippen LogP contribution < -0.4 is 0 Å². The van der Waals surface area contributed by atoms with Crippen LogP contribution in [0.15, 0.2) is 41.5 Å². The maximum absolute atomic E-state index is 6.78. The summed E-state index contributed by atoms with van der Waals surface area (Å²) in [6.07, 6.45) is 0. The van der Waals surface area contributed by atoms with Gasteiger partial charge in [-0.2, -0.15) is 0 Å².